The van der Waals surface area contributed by atoms with Crippen molar-refractivity contribution in [3.05, 3.63) is 22.7 Å². The minimum atomic E-state index is -0.132. The molecule has 19 heavy (non-hydrogen) atoms. The molecule has 0 unspecified atom stereocenters. The maximum atomic E-state index is 12.4. The molecule has 5 heteroatoms. The van der Waals surface area contributed by atoms with E-state index in [1.807, 2.05) is 4.57 Å². The molecule has 0 aromatic carbocycles. The molecule has 104 valence electrons. The Kier molecular flexibility index (Phi) is 3.31. The molecule has 2 saturated carbocycles. The lowest BCUT2D eigenvalue weighted by Gasteiger charge is -2.37. The molecule has 3 rings (SSSR count). The van der Waals surface area contributed by atoms with Gasteiger partial charge in [-0.3, -0.25) is 4.79 Å². The number of rotatable bonds is 4. The van der Waals surface area contributed by atoms with Gasteiger partial charge in [0.05, 0.1) is 5.54 Å². The molecule has 0 aliphatic heterocycles. The van der Waals surface area contributed by atoms with Gasteiger partial charge in [-0.2, -0.15) is 0 Å². The molecular formula is C14H22N4O. The van der Waals surface area contributed by atoms with Crippen molar-refractivity contribution in [1.29, 1.82) is 0 Å². The first-order valence-corrected chi connectivity index (χ1v) is 7.29. The highest BCUT2D eigenvalue weighted by molar-refractivity contribution is 5.36. The number of nitrogens with zero attached hydrogens (tertiary/aromatic N) is 2. The molecular weight excluding hydrogens is 240 g/mol. The van der Waals surface area contributed by atoms with E-state index in [2.05, 4.69) is 10.3 Å². The van der Waals surface area contributed by atoms with Crippen LogP contribution < -0.4 is 16.6 Å². The smallest absolute Gasteiger partial charge is 0.293 e. The van der Waals surface area contributed by atoms with Crippen molar-refractivity contribution < 1.29 is 0 Å². The van der Waals surface area contributed by atoms with Crippen LogP contribution in [0.15, 0.2) is 17.2 Å². The average Bonchev–Trinajstić information content (AvgIpc) is 3.27. The Morgan fingerprint density at radius 2 is 2.11 bits per heavy atom. The summed E-state index contributed by atoms with van der Waals surface area (Å²) >= 11 is 0. The van der Waals surface area contributed by atoms with Crippen molar-refractivity contribution >= 4 is 5.82 Å². The number of aromatic nitrogens is 2. The average molecular weight is 262 g/mol. The fraction of sp³-hybridized carbons (Fsp3) is 0.714. The van der Waals surface area contributed by atoms with Gasteiger partial charge in [0, 0.05) is 25.0 Å². The van der Waals surface area contributed by atoms with E-state index in [9.17, 15) is 4.79 Å². The molecule has 5 nitrogen and oxygen atoms in total. The molecule has 1 aromatic heterocycles. The fourth-order valence-corrected chi connectivity index (χ4v) is 3.01. The fourth-order valence-electron chi connectivity index (χ4n) is 3.01. The Morgan fingerprint density at radius 1 is 1.37 bits per heavy atom. The molecule has 0 spiro atoms. The van der Waals surface area contributed by atoms with Gasteiger partial charge in [0.1, 0.15) is 0 Å². The first-order valence-electron chi connectivity index (χ1n) is 7.29. The van der Waals surface area contributed by atoms with Crippen LogP contribution in [0.5, 0.6) is 0 Å². The highest BCUT2D eigenvalue weighted by Gasteiger charge is 2.32. The molecule has 0 amide bonds. The molecule has 1 heterocycles. The van der Waals surface area contributed by atoms with Crippen LogP contribution in [0.2, 0.25) is 0 Å². The quantitative estimate of drug-likeness (QED) is 0.865. The number of hydrogen-bond acceptors (Lipinski definition) is 4. The number of hydrogen-bond donors (Lipinski definition) is 2. The van der Waals surface area contributed by atoms with Crippen LogP contribution in [0.4, 0.5) is 5.82 Å². The van der Waals surface area contributed by atoms with Gasteiger partial charge in [0.2, 0.25) is 0 Å². The minimum absolute atomic E-state index is 0.00315. The van der Waals surface area contributed by atoms with Crippen LogP contribution in [-0.4, -0.2) is 21.6 Å². The molecule has 2 aliphatic carbocycles. The van der Waals surface area contributed by atoms with Gasteiger partial charge in [-0.15, -0.1) is 0 Å². The first-order chi connectivity index (χ1) is 9.24. The Balaban J connectivity index is 1.85. The summed E-state index contributed by atoms with van der Waals surface area (Å²) in [7, 11) is 0. The van der Waals surface area contributed by atoms with Crippen LogP contribution in [0, 0.1) is 0 Å². The second-order valence-electron chi connectivity index (χ2n) is 5.89. The van der Waals surface area contributed by atoms with E-state index in [0.717, 1.165) is 25.7 Å². The highest BCUT2D eigenvalue weighted by atomic mass is 16.1. The van der Waals surface area contributed by atoms with Crippen molar-refractivity contribution in [2.24, 2.45) is 5.73 Å². The van der Waals surface area contributed by atoms with Crippen molar-refractivity contribution in [3.63, 3.8) is 0 Å². The van der Waals surface area contributed by atoms with E-state index in [1.165, 1.54) is 19.3 Å². The Morgan fingerprint density at radius 3 is 2.74 bits per heavy atom. The summed E-state index contributed by atoms with van der Waals surface area (Å²) in [4.78, 5) is 16.6. The van der Waals surface area contributed by atoms with E-state index in [1.54, 1.807) is 12.4 Å². The summed E-state index contributed by atoms with van der Waals surface area (Å²) < 4.78 is 1.81. The summed E-state index contributed by atoms with van der Waals surface area (Å²) in [6.45, 7) is 0.562. The Labute approximate surface area is 113 Å². The van der Waals surface area contributed by atoms with E-state index < -0.39 is 0 Å². The van der Waals surface area contributed by atoms with Gasteiger partial charge >= 0.3 is 0 Å². The third-order valence-corrected chi connectivity index (χ3v) is 4.39. The van der Waals surface area contributed by atoms with Crippen LogP contribution >= 0.6 is 0 Å². The largest absolute Gasteiger partial charge is 0.359 e. The Hall–Kier alpha value is -1.36. The van der Waals surface area contributed by atoms with Crippen molar-refractivity contribution in [2.75, 3.05) is 11.9 Å². The minimum Gasteiger partial charge on any atom is -0.359 e. The van der Waals surface area contributed by atoms with Gasteiger partial charge in [-0.05, 0) is 25.7 Å². The second kappa shape index (κ2) is 4.96. The molecule has 0 radical (unpaired) electrons. The van der Waals surface area contributed by atoms with Gasteiger partial charge in [0.25, 0.3) is 5.56 Å². The standard InChI is InChI=1S/C14H22N4O/c15-10-14(6-2-1-3-7-14)17-12-13(19)18(9-8-16-12)11-4-5-11/h8-9,11H,1-7,10,15H2,(H,16,17). The maximum absolute atomic E-state index is 12.4. The normalized spacial score (nSPS) is 22.2. The van der Waals surface area contributed by atoms with E-state index in [-0.39, 0.29) is 11.1 Å². The highest BCUT2D eigenvalue weighted by Crippen LogP contribution is 2.34. The maximum Gasteiger partial charge on any atom is 0.293 e. The van der Waals surface area contributed by atoms with Crippen LogP contribution in [-0.2, 0) is 0 Å². The molecule has 0 atom stereocenters. The Bertz CT molecular complexity index is 500. The molecule has 2 fully saturated rings. The lowest BCUT2D eigenvalue weighted by Crippen LogP contribution is -2.48. The zero-order valence-electron chi connectivity index (χ0n) is 11.3. The molecule has 0 saturated heterocycles. The van der Waals surface area contributed by atoms with Crippen LogP contribution in [0.25, 0.3) is 0 Å². The van der Waals surface area contributed by atoms with Gasteiger partial charge in [0.15, 0.2) is 5.82 Å². The first kappa shape index (κ1) is 12.7. The van der Waals surface area contributed by atoms with Gasteiger partial charge < -0.3 is 15.6 Å². The molecule has 1 aromatic rings. The molecule has 0 bridgehead atoms. The zero-order chi connectivity index (χ0) is 13.3. The lowest BCUT2D eigenvalue weighted by molar-refractivity contribution is 0.329. The van der Waals surface area contributed by atoms with Crippen LogP contribution in [0.3, 0.4) is 0 Å². The SMILES string of the molecule is NCC1(Nc2nccn(C3CC3)c2=O)CCCCC1. The van der Waals surface area contributed by atoms with E-state index >= 15 is 0 Å². The molecule has 2 aliphatic rings. The third-order valence-electron chi connectivity index (χ3n) is 4.39. The number of nitrogens with two attached hydrogens (primary N) is 1. The van der Waals surface area contributed by atoms with Crippen molar-refractivity contribution in [2.45, 2.75) is 56.5 Å². The summed E-state index contributed by atoms with van der Waals surface area (Å²) in [5.41, 5.74) is 5.82. The summed E-state index contributed by atoms with van der Waals surface area (Å²) in [5.74, 6) is 0.474. The summed E-state index contributed by atoms with van der Waals surface area (Å²) in [6, 6.07) is 0.385. The van der Waals surface area contributed by atoms with E-state index in [0.29, 0.717) is 18.4 Å². The van der Waals surface area contributed by atoms with E-state index in [4.69, 9.17) is 5.73 Å². The van der Waals surface area contributed by atoms with Crippen molar-refractivity contribution in [1.82, 2.24) is 9.55 Å². The second-order valence-corrected chi connectivity index (χ2v) is 5.89. The summed E-state index contributed by atoms with van der Waals surface area (Å²) in [6.07, 6.45) is 11.4. The van der Waals surface area contributed by atoms with Crippen molar-refractivity contribution in [3.8, 4) is 0 Å². The predicted molar refractivity (Wildman–Crippen MR) is 75.3 cm³/mol. The number of nitrogens with one attached hydrogen (secondary N) is 1. The molecule has 3 N–H and O–H groups in total. The van der Waals surface area contributed by atoms with Gasteiger partial charge in [-0.1, -0.05) is 19.3 Å². The number of anilines is 1. The predicted octanol–water partition coefficient (Wildman–Crippen LogP) is 1.65. The van der Waals surface area contributed by atoms with Crippen LogP contribution in [0.1, 0.15) is 51.0 Å². The zero-order valence-corrected chi connectivity index (χ0v) is 11.3. The lowest BCUT2D eigenvalue weighted by atomic mass is 9.82. The van der Waals surface area contributed by atoms with Gasteiger partial charge in [-0.25, -0.2) is 4.98 Å². The third kappa shape index (κ3) is 2.52. The monoisotopic (exact) mass is 262 g/mol. The topological polar surface area (TPSA) is 72.9 Å². The summed E-state index contributed by atoms with van der Waals surface area (Å²) in [5, 5.41) is 3.37.